The number of nitrogens with zero attached hydrogens (tertiary/aromatic N) is 4. The molecular weight excluding hydrogens is 560 g/mol. The number of aromatic nitrogens is 2. The van der Waals surface area contributed by atoms with Crippen LogP contribution in [0.4, 0.5) is 28.9 Å². The molecule has 1 aromatic heterocycles. The molecule has 0 aliphatic carbocycles. The highest BCUT2D eigenvalue weighted by molar-refractivity contribution is 7.80. The summed E-state index contributed by atoms with van der Waals surface area (Å²) >= 11 is 5.32. The maximum atomic E-state index is 15.3. The van der Waals surface area contributed by atoms with Crippen molar-refractivity contribution < 1.29 is 27.1 Å². The van der Waals surface area contributed by atoms with Crippen LogP contribution in [-0.4, -0.2) is 40.4 Å². The fourth-order valence-corrected chi connectivity index (χ4v) is 4.32. The predicted octanol–water partition coefficient (Wildman–Crippen LogP) is 6.33. The Labute approximate surface area is 238 Å². The first-order chi connectivity index (χ1) is 19.3. The van der Waals surface area contributed by atoms with E-state index in [1.165, 1.54) is 36.1 Å². The number of carbonyl (C=O) groups excluding carboxylic acids is 1. The van der Waals surface area contributed by atoms with Gasteiger partial charge in [-0.2, -0.15) is 10.2 Å². The average Bonchev–Trinajstić information content (AvgIpc) is 3.24. The largest absolute Gasteiger partial charge is 0.573 e. The maximum Gasteiger partial charge on any atom is 0.573 e. The van der Waals surface area contributed by atoms with E-state index in [2.05, 4.69) is 39.5 Å². The number of anilines is 2. The minimum absolute atomic E-state index is 0.00559. The number of hydrogen-bond donors (Lipinski definition) is 2. The highest BCUT2D eigenvalue weighted by Crippen LogP contribution is 2.28. The second-order valence-corrected chi connectivity index (χ2v) is 9.75. The summed E-state index contributed by atoms with van der Waals surface area (Å²) in [6.45, 7) is 4.15. The summed E-state index contributed by atoms with van der Waals surface area (Å²) < 4.78 is 57.8. The Balaban J connectivity index is 1.50. The number of amides is 1. The fourth-order valence-electron chi connectivity index (χ4n) is 4.16. The van der Waals surface area contributed by atoms with Crippen molar-refractivity contribution in [1.29, 1.82) is 0 Å². The number of halogens is 4. The van der Waals surface area contributed by atoms with Gasteiger partial charge in [-0.05, 0) is 71.7 Å². The topological polar surface area (TPSA) is 83.8 Å². The molecule has 214 valence electrons. The van der Waals surface area contributed by atoms with Crippen LogP contribution in [0.15, 0.2) is 65.8 Å². The first kappa shape index (κ1) is 29.5. The lowest BCUT2D eigenvalue weighted by Gasteiger charge is -2.17. The molecule has 0 radical (unpaired) electrons. The van der Waals surface area contributed by atoms with Gasteiger partial charge in [0.2, 0.25) is 0 Å². The van der Waals surface area contributed by atoms with Crippen molar-refractivity contribution in [1.82, 2.24) is 15.2 Å². The number of carbonyl (C=O) groups is 1. The Morgan fingerprint density at radius 1 is 1.15 bits per heavy atom. The van der Waals surface area contributed by atoms with E-state index in [9.17, 15) is 18.0 Å². The first-order valence-electron chi connectivity index (χ1n) is 12.3. The average molecular weight is 587 g/mol. The molecule has 2 N–H and O–H groups in total. The lowest BCUT2D eigenvalue weighted by atomic mass is 10.0. The summed E-state index contributed by atoms with van der Waals surface area (Å²) in [5.41, 5.74) is 5.49. The highest BCUT2D eigenvalue weighted by atomic mass is 32.1. The van der Waals surface area contributed by atoms with E-state index < -0.39 is 23.8 Å². The SMILES string of the molecule is CC(C)c1ccccc1NC(=S)NN=Cc1cc(F)c2c(C(=O)N(C)c3ccc(OC(F)(F)F)cc3)nn(C)c2c1. The number of benzene rings is 3. The van der Waals surface area contributed by atoms with Crippen LogP contribution in [0, 0.1) is 5.82 Å². The molecule has 1 amide bonds. The highest BCUT2D eigenvalue weighted by Gasteiger charge is 2.31. The van der Waals surface area contributed by atoms with E-state index in [4.69, 9.17) is 12.2 Å². The Hall–Kier alpha value is -4.52. The number of hydrazone groups is 1. The van der Waals surface area contributed by atoms with Crippen molar-refractivity contribution in [3.05, 3.63) is 83.3 Å². The van der Waals surface area contributed by atoms with E-state index in [-0.39, 0.29) is 27.8 Å². The molecular formula is C28H26F4N6O2S. The van der Waals surface area contributed by atoms with Gasteiger partial charge in [0.05, 0.1) is 17.1 Å². The van der Waals surface area contributed by atoms with Crippen molar-refractivity contribution in [3.63, 3.8) is 0 Å². The maximum absolute atomic E-state index is 15.3. The summed E-state index contributed by atoms with van der Waals surface area (Å²) in [4.78, 5) is 14.4. The van der Waals surface area contributed by atoms with Crippen molar-refractivity contribution in [2.24, 2.45) is 12.1 Å². The molecule has 0 saturated carbocycles. The van der Waals surface area contributed by atoms with Gasteiger partial charge in [0.25, 0.3) is 5.91 Å². The summed E-state index contributed by atoms with van der Waals surface area (Å²) in [5.74, 6) is -1.50. The Morgan fingerprint density at radius 2 is 1.83 bits per heavy atom. The number of alkyl halides is 3. The molecule has 0 fully saturated rings. The second kappa shape index (κ2) is 11.9. The molecule has 41 heavy (non-hydrogen) atoms. The van der Waals surface area contributed by atoms with E-state index in [0.29, 0.717) is 11.1 Å². The van der Waals surface area contributed by atoms with Crippen LogP contribution in [0.5, 0.6) is 5.75 Å². The minimum Gasteiger partial charge on any atom is -0.406 e. The molecule has 0 spiro atoms. The van der Waals surface area contributed by atoms with Gasteiger partial charge in [0.1, 0.15) is 11.6 Å². The number of fused-ring (bicyclic) bond motifs is 1. The molecule has 4 rings (SSSR count). The Morgan fingerprint density at radius 3 is 2.49 bits per heavy atom. The van der Waals surface area contributed by atoms with Crippen LogP contribution >= 0.6 is 12.2 Å². The van der Waals surface area contributed by atoms with Crippen LogP contribution < -0.4 is 20.4 Å². The molecule has 0 aliphatic heterocycles. The quantitative estimate of drug-likeness (QED) is 0.114. The number of hydrogen-bond acceptors (Lipinski definition) is 5. The van der Waals surface area contributed by atoms with Crippen LogP contribution in [0.25, 0.3) is 10.9 Å². The van der Waals surface area contributed by atoms with E-state index >= 15 is 4.39 Å². The summed E-state index contributed by atoms with van der Waals surface area (Å²) in [6.07, 6.45) is -3.45. The molecule has 0 aliphatic rings. The smallest absolute Gasteiger partial charge is 0.406 e. The number of thiocarbonyl (C=S) groups is 1. The lowest BCUT2D eigenvalue weighted by molar-refractivity contribution is -0.274. The third kappa shape index (κ3) is 6.98. The van der Waals surface area contributed by atoms with Gasteiger partial charge >= 0.3 is 6.36 Å². The van der Waals surface area contributed by atoms with Crippen LogP contribution in [0.2, 0.25) is 0 Å². The number of rotatable bonds is 7. The number of ether oxygens (including phenoxy) is 1. The molecule has 0 bridgehead atoms. The zero-order chi connectivity index (χ0) is 29.9. The van der Waals surface area contributed by atoms with Crippen molar-refractivity contribution in [3.8, 4) is 5.75 Å². The Kier molecular flexibility index (Phi) is 8.57. The summed E-state index contributed by atoms with van der Waals surface area (Å²) in [6, 6.07) is 15.3. The predicted molar refractivity (Wildman–Crippen MR) is 154 cm³/mol. The van der Waals surface area contributed by atoms with Gasteiger partial charge in [-0.3, -0.25) is 14.9 Å². The minimum atomic E-state index is -4.84. The van der Waals surface area contributed by atoms with Crippen molar-refractivity contribution >= 4 is 51.7 Å². The third-order valence-electron chi connectivity index (χ3n) is 6.10. The molecule has 13 heteroatoms. The lowest BCUT2D eigenvalue weighted by Crippen LogP contribution is -2.27. The normalized spacial score (nSPS) is 11.7. The van der Waals surface area contributed by atoms with Gasteiger partial charge in [-0.1, -0.05) is 32.0 Å². The molecule has 4 aromatic rings. The van der Waals surface area contributed by atoms with Crippen molar-refractivity contribution in [2.45, 2.75) is 26.1 Å². The van der Waals surface area contributed by atoms with Gasteiger partial charge < -0.3 is 15.0 Å². The van der Waals surface area contributed by atoms with E-state index in [0.717, 1.165) is 28.3 Å². The van der Waals surface area contributed by atoms with E-state index in [1.807, 2.05) is 24.3 Å². The van der Waals surface area contributed by atoms with Gasteiger partial charge in [-0.25, -0.2) is 4.39 Å². The third-order valence-corrected chi connectivity index (χ3v) is 6.30. The fraction of sp³-hybridized carbons (Fsp3) is 0.214. The molecule has 0 saturated heterocycles. The monoisotopic (exact) mass is 586 g/mol. The summed E-state index contributed by atoms with van der Waals surface area (Å²) in [7, 11) is 2.97. The zero-order valence-electron chi connectivity index (χ0n) is 22.5. The van der Waals surface area contributed by atoms with E-state index in [1.54, 1.807) is 13.1 Å². The molecule has 0 atom stereocenters. The zero-order valence-corrected chi connectivity index (χ0v) is 23.3. The standard InChI is InChI=1S/C28H26F4N6O2S/c1-16(2)20-7-5-6-8-22(20)34-27(41)35-33-15-17-13-21(29)24-23(14-17)38(4)36-25(24)26(39)37(3)18-9-11-19(12-10-18)40-28(30,31)32/h5-16H,1-4H3,(H2,34,35,41). The number of para-hydroxylation sites is 1. The first-order valence-corrected chi connectivity index (χ1v) is 12.7. The molecule has 1 heterocycles. The van der Waals surface area contributed by atoms with Crippen LogP contribution in [-0.2, 0) is 7.05 Å². The van der Waals surface area contributed by atoms with Crippen LogP contribution in [0.1, 0.15) is 41.4 Å². The number of aryl methyl sites for hydroxylation is 1. The van der Waals surface area contributed by atoms with Crippen LogP contribution in [0.3, 0.4) is 0 Å². The van der Waals surface area contributed by atoms with Crippen molar-refractivity contribution in [2.75, 3.05) is 17.3 Å². The molecule has 8 nitrogen and oxygen atoms in total. The van der Waals surface area contributed by atoms with Gasteiger partial charge in [0.15, 0.2) is 10.8 Å². The molecule has 0 unspecified atom stereocenters. The molecule has 3 aromatic carbocycles. The number of nitrogens with one attached hydrogen (secondary N) is 2. The summed E-state index contributed by atoms with van der Waals surface area (Å²) in [5, 5.41) is 11.7. The van der Waals surface area contributed by atoms with Gasteiger partial charge in [0, 0.05) is 25.5 Å². The second-order valence-electron chi connectivity index (χ2n) is 9.34. The van der Waals surface area contributed by atoms with Gasteiger partial charge in [-0.15, -0.1) is 13.2 Å². The Bertz CT molecular complexity index is 1620.